The van der Waals surface area contributed by atoms with E-state index < -0.39 is 0 Å². The lowest BCUT2D eigenvalue weighted by Gasteiger charge is -2.18. The Bertz CT molecular complexity index is 295. The number of benzene rings is 1. The molecule has 0 bridgehead atoms. The molecule has 3 heteroatoms. The van der Waals surface area contributed by atoms with Crippen LogP contribution in [0.1, 0.15) is 13.8 Å². The Hall–Kier alpha value is -0.750. The Morgan fingerprint density at radius 2 is 1.93 bits per heavy atom. The molecule has 0 atom stereocenters. The molecular formula is C11H19N2P. The van der Waals surface area contributed by atoms with E-state index in [0.717, 1.165) is 5.69 Å². The third-order valence-electron chi connectivity index (χ3n) is 2.40. The summed E-state index contributed by atoms with van der Waals surface area (Å²) in [7, 11) is 1.93. The monoisotopic (exact) mass is 210 g/mol. The van der Waals surface area contributed by atoms with Gasteiger partial charge in [-0.15, -0.1) is 0 Å². The summed E-state index contributed by atoms with van der Waals surface area (Å²) in [4.78, 5) is 0. The summed E-state index contributed by atoms with van der Waals surface area (Å²) in [6.45, 7) is 4.50. The van der Waals surface area contributed by atoms with Crippen molar-refractivity contribution in [2.75, 3.05) is 30.4 Å². The molecule has 3 N–H and O–H groups in total. The average Bonchev–Trinajstić information content (AvgIpc) is 2.20. The lowest BCUT2D eigenvalue weighted by molar-refractivity contribution is 1.42. The third kappa shape index (κ3) is 2.39. The van der Waals surface area contributed by atoms with Gasteiger partial charge in [0.1, 0.15) is 0 Å². The van der Waals surface area contributed by atoms with Crippen LogP contribution in [0.4, 0.5) is 11.4 Å². The Kier molecular flexibility index (Phi) is 4.21. The van der Waals surface area contributed by atoms with E-state index >= 15 is 0 Å². The van der Waals surface area contributed by atoms with E-state index in [1.807, 2.05) is 13.1 Å². The van der Waals surface area contributed by atoms with Crippen LogP contribution in [0.2, 0.25) is 0 Å². The van der Waals surface area contributed by atoms with Gasteiger partial charge in [0.05, 0.1) is 0 Å². The lowest BCUT2D eigenvalue weighted by Crippen LogP contribution is -2.11. The third-order valence-corrected chi connectivity index (χ3v) is 4.97. The molecule has 0 aliphatic carbocycles. The van der Waals surface area contributed by atoms with E-state index in [1.54, 1.807) is 0 Å². The molecule has 0 aliphatic heterocycles. The van der Waals surface area contributed by atoms with Gasteiger partial charge in [-0.1, -0.05) is 21.8 Å². The molecule has 0 fully saturated rings. The SMILES string of the molecule is CCP(CC)c1cc(N)ccc1NC. The van der Waals surface area contributed by atoms with Crippen LogP contribution in [0.15, 0.2) is 18.2 Å². The maximum Gasteiger partial charge on any atom is 0.0417 e. The summed E-state index contributed by atoms with van der Waals surface area (Å²) < 4.78 is 0. The normalized spacial score (nSPS) is 10.6. The zero-order valence-electron chi connectivity index (χ0n) is 9.17. The standard InChI is InChI=1S/C11H19N2P/c1-4-14(5-2)11-8-9(12)6-7-10(11)13-3/h6-8,13H,4-5,12H2,1-3H3. The maximum absolute atomic E-state index is 5.81. The van der Waals surface area contributed by atoms with E-state index in [9.17, 15) is 0 Å². The van der Waals surface area contributed by atoms with E-state index in [1.165, 1.54) is 23.3 Å². The van der Waals surface area contributed by atoms with Gasteiger partial charge in [-0.2, -0.15) is 0 Å². The van der Waals surface area contributed by atoms with Crippen molar-refractivity contribution in [3.05, 3.63) is 18.2 Å². The van der Waals surface area contributed by atoms with Crippen molar-refractivity contribution in [2.24, 2.45) is 0 Å². The predicted octanol–water partition coefficient (Wildman–Crippen LogP) is 2.46. The molecule has 1 rings (SSSR count). The number of nitrogens with two attached hydrogens (primary N) is 1. The van der Waals surface area contributed by atoms with Crippen LogP contribution in [0.3, 0.4) is 0 Å². The Morgan fingerprint density at radius 1 is 1.29 bits per heavy atom. The van der Waals surface area contributed by atoms with Crippen molar-refractivity contribution in [1.82, 2.24) is 0 Å². The molecule has 0 aliphatic rings. The van der Waals surface area contributed by atoms with Crippen LogP contribution in [0.25, 0.3) is 0 Å². The second-order valence-corrected chi connectivity index (χ2v) is 6.03. The molecule has 1 aromatic carbocycles. The van der Waals surface area contributed by atoms with Gasteiger partial charge in [0.15, 0.2) is 0 Å². The molecule has 0 radical (unpaired) electrons. The van der Waals surface area contributed by atoms with E-state index in [2.05, 4.69) is 31.3 Å². The minimum atomic E-state index is -0.0367. The first-order valence-electron chi connectivity index (χ1n) is 5.05. The zero-order chi connectivity index (χ0) is 10.6. The smallest absolute Gasteiger partial charge is 0.0417 e. The van der Waals surface area contributed by atoms with Crippen molar-refractivity contribution in [1.29, 1.82) is 0 Å². The summed E-state index contributed by atoms with van der Waals surface area (Å²) in [6.07, 6.45) is 2.45. The van der Waals surface area contributed by atoms with Crippen molar-refractivity contribution >= 4 is 24.6 Å². The van der Waals surface area contributed by atoms with Gasteiger partial charge in [-0.3, -0.25) is 0 Å². The van der Waals surface area contributed by atoms with Crippen LogP contribution < -0.4 is 16.4 Å². The average molecular weight is 210 g/mol. The summed E-state index contributed by atoms with van der Waals surface area (Å²) in [5.41, 5.74) is 7.91. The summed E-state index contributed by atoms with van der Waals surface area (Å²) in [6, 6.07) is 6.14. The Morgan fingerprint density at radius 3 is 2.43 bits per heavy atom. The van der Waals surface area contributed by atoms with Crippen molar-refractivity contribution in [2.45, 2.75) is 13.8 Å². The fraction of sp³-hybridized carbons (Fsp3) is 0.455. The first kappa shape index (κ1) is 11.3. The van der Waals surface area contributed by atoms with Crippen LogP contribution in [0, 0.1) is 0 Å². The van der Waals surface area contributed by atoms with Gasteiger partial charge in [0, 0.05) is 23.7 Å². The highest BCUT2D eigenvalue weighted by Gasteiger charge is 2.10. The molecule has 0 aromatic heterocycles. The predicted molar refractivity (Wildman–Crippen MR) is 68.0 cm³/mol. The minimum Gasteiger partial charge on any atom is -0.399 e. The summed E-state index contributed by atoms with van der Waals surface area (Å²) >= 11 is 0. The lowest BCUT2D eigenvalue weighted by atomic mass is 10.3. The van der Waals surface area contributed by atoms with Gasteiger partial charge < -0.3 is 11.1 Å². The quantitative estimate of drug-likeness (QED) is 0.591. The van der Waals surface area contributed by atoms with Gasteiger partial charge in [0.25, 0.3) is 0 Å². The number of hydrogen-bond acceptors (Lipinski definition) is 2. The molecule has 78 valence electrons. The fourth-order valence-electron chi connectivity index (χ4n) is 1.59. The Balaban J connectivity index is 3.08. The topological polar surface area (TPSA) is 38.0 Å². The molecule has 0 heterocycles. The van der Waals surface area contributed by atoms with E-state index in [4.69, 9.17) is 5.73 Å². The number of anilines is 2. The van der Waals surface area contributed by atoms with Gasteiger partial charge in [-0.05, 0) is 30.5 Å². The minimum absolute atomic E-state index is 0.0367. The van der Waals surface area contributed by atoms with Crippen LogP contribution >= 0.6 is 7.92 Å². The number of rotatable bonds is 4. The summed E-state index contributed by atoms with van der Waals surface area (Å²) in [5.74, 6) is 0. The number of hydrogen-bond donors (Lipinski definition) is 2. The molecule has 0 saturated carbocycles. The van der Waals surface area contributed by atoms with Gasteiger partial charge >= 0.3 is 0 Å². The largest absolute Gasteiger partial charge is 0.399 e. The highest BCUT2D eigenvalue weighted by atomic mass is 31.1. The number of nitrogen functional groups attached to an aromatic ring is 1. The maximum atomic E-state index is 5.81. The molecule has 0 spiro atoms. The van der Waals surface area contributed by atoms with E-state index in [-0.39, 0.29) is 7.92 Å². The highest BCUT2D eigenvalue weighted by molar-refractivity contribution is 7.65. The molecule has 0 unspecified atom stereocenters. The molecule has 2 nitrogen and oxygen atoms in total. The first-order chi connectivity index (χ1) is 6.72. The summed E-state index contributed by atoms with van der Waals surface area (Å²) in [5, 5.41) is 4.64. The van der Waals surface area contributed by atoms with Crippen molar-refractivity contribution < 1.29 is 0 Å². The molecule has 0 saturated heterocycles. The second-order valence-electron chi connectivity index (χ2n) is 3.20. The molecule has 1 aromatic rings. The second kappa shape index (κ2) is 5.21. The Labute approximate surface area is 87.6 Å². The zero-order valence-corrected chi connectivity index (χ0v) is 10.1. The molecule has 14 heavy (non-hydrogen) atoms. The van der Waals surface area contributed by atoms with E-state index in [0.29, 0.717) is 0 Å². The van der Waals surface area contributed by atoms with Crippen LogP contribution in [0.5, 0.6) is 0 Å². The fourth-order valence-corrected chi connectivity index (χ4v) is 3.57. The first-order valence-corrected chi connectivity index (χ1v) is 6.76. The van der Waals surface area contributed by atoms with Crippen molar-refractivity contribution in [3.8, 4) is 0 Å². The van der Waals surface area contributed by atoms with Crippen LogP contribution in [-0.4, -0.2) is 19.4 Å². The number of nitrogens with one attached hydrogen (secondary N) is 1. The van der Waals surface area contributed by atoms with Crippen molar-refractivity contribution in [3.63, 3.8) is 0 Å². The van der Waals surface area contributed by atoms with Gasteiger partial charge in [-0.25, -0.2) is 0 Å². The van der Waals surface area contributed by atoms with Gasteiger partial charge in [0.2, 0.25) is 0 Å². The molecule has 0 amide bonds. The van der Waals surface area contributed by atoms with Crippen LogP contribution in [-0.2, 0) is 0 Å². The highest BCUT2D eigenvalue weighted by Crippen LogP contribution is 2.36. The molecular weight excluding hydrogens is 191 g/mol.